The molecule has 2 N–H and O–H groups in total. The molecule has 7 heteroatoms. The molecule has 0 radical (unpaired) electrons. The first-order chi connectivity index (χ1) is 15.4. The zero-order valence-electron chi connectivity index (χ0n) is 18.5. The standard InChI is InChI=1S/C25H28N4O3/c1-3-9-28-10-12-29(13-11-28)23-16-21(25(31)32)20-15-19(7-8-22(20)27-23)26-24(30)18-6-4-5-17(2)14-18/h4-8,14-16H,3,9-13H2,1-2H3,(H,26,30)(H,31,32). The van der Waals surface area contributed by atoms with E-state index in [1.807, 2.05) is 25.1 Å². The molecule has 1 aliphatic rings. The number of anilines is 2. The Bertz CT molecular complexity index is 1150. The van der Waals surface area contributed by atoms with Crippen LogP contribution in [-0.4, -0.2) is 59.6 Å². The maximum Gasteiger partial charge on any atom is 0.336 e. The first kappa shape index (κ1) is 21.8. The van der Waals surface area contributed by atoms with Gasteiger partial charge in [-0.15, -0.1) is 0 Å². The average molecular weight is 433 g/mol. The summed E-state index contributed by atoms with van der Waals surface area (Å²) in [5.74, 6) is -0.563. The third-order valence-corrected chi connectivity index (χ3v) is 5.80. The van der Waals surface area contributed by atoms with E-state index in [-0.39, 0.29) is 11.5 Å². The molecule has 0 unspecified atom stereocenters. The maximum atomic E-state index is 12.6. The molecule has 0 bridgehead atoms. The van der Waals surface area contributed by atoms with Gasteiger partial charge in [0.25, 0.3) is 5.91 Å². The molecule has 3 aromatic rings. The lowest BCUT2D eigenvalue weighted by molar-refractivity contribution is 0.0698. The normalized spacial score (nSPS) is 14.5. The van der Waals surface area contributed by atoms with Gasteiger partial charge in [0.2, 0.25) is 0 Å². The number of rotatable bonds is 6. The summed E-state index contributed by atoms with van der Waals surface area (Å²) in [5, 5.41) is 13.2. The number of carbonyl (C=O) groups is 2. The molecule has 0 saturated carbocycles. The van der Waals surface area contributed by atoms with Crippen molar-refractivity contribution in [1.82, 2.24) is 9.88 Å². The van der Waals surface area contributed by atoms with Gasteiger partial charge < -0.3 is 15.3 Å². The molecular formula is C25H28N4O3. The van der Waals surface area contributed by atoms with Crippen molar-refractivity contribution in [2.45, 2.75) is 20.3 Å². The van der Waals surface area contributed by atoms with Crippen LogP contribution >= 0.6 is 0 Å². The molecule has 7 nitrogen and oxygen atoms in total. The van der Waals surface area contributed by atoms with Crippen LogP contribution in [-0.2, 0) is 0 Å². The number of aromatic nitrogens is 1. The van der Waals surface area contributed by atoms with Crippen molar-refractivity contribution in [2.24, 2.45) is 0 Å². The van der Waals surface area contributed by atoms with E-state index in [4.69, 9.17) is 4.98 Å². The van der Waals surface area contributed by atoms with Crippen LogP contribution in [0.15, 0.2) is 48.5 Å². The van der Waals surface area contributed by atoms with E-state index in [0.717, 1.165) is 44.7 Å². The number of nitrogens with one attached hydrogen (secondary N) is 1. The van der Waals surface area contributed by atoms with Crippen molar-refractivity contribution in [1.29, 1.82) is 0 Å². The molecule has 1 saturated heterocycles. The van der Waals surface area contributed by atoms with Crippen molar-refractivity contribution in [3.8, 4) is 0 Å². The smallest absolute Gasteiger partial charge is 0.336 e. The number of benzene rings is 2. The van der Waals surface area contributed by atoms with Gasteiger partial charge >= 0.3 is 5.97 Å². The lowest BCUT2D eigenvalue weighted by Gasteiger charge is -2.35. The minimum Gasteiger partial charge on any atom is -0.478 e. The fraction of sp³-hybridized carbons (Fsp3) is 0.320. The zero-order valence-corrected chi connectivity index (χ0v) is 18.5. The SMILES string of the molecule is CCCN1CCN(c2cc(C(=O)O)c3cc(NC(=O)c4cccc(C)c4)ccc3n2)CC1. The van der Waals surface area contributed by atoms with Gasteiger partial charge in [0, 0.05) is 42.8 Å². The van der Waals surface area contributed by atoms with Gasteiger partial charge in [-0.1, -0.05) is 24.6 Å². The molecular weight excluding hydrogens is 404 g/mol. The number of hydrogen-bond acceptors (Lipinski definition) is 5. The first-order valence-corrected chi connectivity index (χ1v) is 11.0. The monoisotopic (exact) mass is 432 g/mol. The molecule has 1 aromatic heterocycles. The van der Waals surface area contributed by atoms with Crippen LogP contribution in [0.4, 0.5) is 11.5 Å². The number of carboxylic acids is 1. The Morgan fingerprint density at radius 3 is 2.53 bits per heavy atom. The Kier molecular flexibility index (Phi) is 6.37. The van der Waals surface area contributed by atoms with Crippen LogP contribution in [0.2, 0.25) is 0 Å². The summed E-state index contributed by atoms with van der Waals surface area (Å²) in [7, 11) is 0. The Labute approximate surface area is 187 Å². The molecule has 166 valence electrons. The third kappa shape index (κ3) is 4.73. The van der Waals surface area contributed by atoms with Crippen molar-refractivity contribution in [3.05, 3.63) is 65.2 Å². The number of hydrogen-bond donors (Lipinski definition) is 2. The first-order valence-electron chi connectivity index (χ1n) is 11.0. The number of nitrogens with zero attached hydrogens (tertiary/aromatic N) is 3. The molecule has 1 aliphatic heterocycles. The molecule has 32 heavy (non-hydrogen) atoms. The predicted octanol–water partition coefficient (Wildman–Crippen LogP) is 4.03. The van der Waals surface area contributed by atoms with Crippen LogP contribution in [0, 0.1) is 6.92 Å². The largest absolute Gasteiger partial charge is 0.478 e. The van der Waals surface area contributed by atoms with Crippen molar-refractivity contribution >= 4 is 34.3 Å². The van der Waals surface area contributed by atoms with Gasteiger partial charge in [0.15, 0.2) is 0 Å². The summed E-state index contributed by atoms with van der Waals surface area (Å²) in [6, 6.07) is 14.2. The second kappa shape index (κ2) is 9.36. The van der Waals surface area contributed by atoms with E-state index in [0.29, 0.717) is 28.0 Å². The van der Waals surface area contributed by atoms with E-state index in [9.17, 15) is 14.7 Å². The Morgan fingerprint density at radius 1 is 1.06 bits per heavy atom. The minimum atomic E-state index is -1.01. The van der Waals surface area contributed by atoms with E-state index in [2.05, 4.69) is 22.0 Å². The molecule has 2 heterocycles. The second-order valence-corrected chi connectivity index (χ2v) is 8.22. The maximum absolute atomic E-state index is 12.6. The number of aryl methyl sites for hydroxylation is 1. The lowest BCUT2D eigenvalue weighted by Crippen LogP contribution is -2.46. The van der Waals surface area contributed by atoms with Crippen LogP contribution < -0.4 is 10.2 Å². The number of carbonyl (C=O) groups excluding carboxylic acids is 1. The number of amides is 1. The highest BCUT2D eigenvalue weighted by Gasteiger charge is 2.20. The zero-order chi connectivity index (χ0) is 22.7. The molecule has 1 amide bonds. The number of piperazine rings is 1. The predicted molar refractivity (Wildman–Crippen MR) is 127 cm³/mol. The van der Waals surface area contributed by atoms with Crippen molar-refractivity contribution in [2.75, 3.05) is 42.9 Å². The average Bonchev–Trinajstić information content (AvgIpc) is 2.79. The van der Waals surface area contributed by atoms with Gasteiger partial charge in [0.05, 0.1) is 11.1 Å². The van der Waals surface area contributed by atoms with Crippen molar-refractivity contribution < 1.29 is 14.7 Å². The number of aromatic carboxylic acids is 1. The van der Waals surface area contributed by atoms with Gasteiger partial charge in [0.1, 0.15) is 5.82 Å². The molecule has 0 spiro atoms. The van der Waals surface area contributed by atoms with E-state index in [1.165, 1.54) is 0 Å². The number of fused-ring (bicyclic) bond motifs is 1. The Hall–Kier alpha value is -3.45. The highest BCUT2D eigenvalue weighted by Crippen LogP contribution is 2.27. The van der Waals surface area contributed by atoms with E-state index in [1.54, 1.807) is 30.3 Å². The van der Waals surface area contributed by atoms with Crippen molar-refractivity contribution in [3.63, 3.8) is 0 Å². The fourth-order valence-corrected chi connectivity index (χ4v) is 4.13. The summed E-state index contributed by atoms with van der Waals surface area (Å²) < 4.78 is 0. The summed E-state index contributed by atoms with van der Waals surface area (Å²) in [4.78, 5) is 33.9. The lowest BCUT2D eigenvalue weighted by atomic mass is 10.1. The fourth-order valence-electron chi connectivity index (χ4n) is 4.13. The van der Waals surface area contributed by atoms with Crippen LogP contribution in [0.5, 0.6) is 0 Å². The van der Waals surface area contributed by atoms with Gasteiger partial charge in [-0.3, -0.25) is 9.69 Å². The number of pyridine rings is 1. The molecule has 0 atom stereocenters. The van der Waals surface area contributed by atoms with Gasteiger partial charge in [-0.05, 0) is 56.3 Å². The molecule has 1 fully saturated rings. The second-order valence-electron chi connectivity index (χ2n) is 8.22. The van der Waals surface area contributed by atoms with Gasteiger partial charge in [-0.25, -0.2) is 9.78 Å². The van der Waals surface area contributed by atoms with E-state index < -0.39 is 5.97 Å². The quantitative estimate of drug-likeness (QED) is 0.612. The molecule has 4 rings (SSSR count). The summed E-state index contributed by atoms with van der Waals surface area (Å²) in [5.41, 5.74) is 2.88. The molecule has 2 aromatic carbocycles. The summed E-state index contributed by atoms with van der Waals surface area (Å²) >= 11 is 0. The third-order valence-electron chi connectivity index (χ3n) is 5.80. The number of carboxylic acid groups (broad SMARTS) is 1. The Balaban J connectivity index is 1.60. The highest BCUT2D eigenvalue weighted by molar-refractivity contribution is 6.08. The van der Waals surface area contributed by atoms with Crippen LogP contribution in [0.3, 0.4) is 0 Å². The van der Waals surface area contributed by atoms with Crippen LogP contribution in [0.1, 0.15) is 39.6 Å². The topological polar surface area (TPSA) is 85.8 Å². The van der Waals surface area contributed by atoms with E-state index >= 15 is 0 Å². The minimum absolute atomic E-state index is 0.188. The Morgan fingerprint density at radius 2 is 1.84 bits per heavy atom. The molecule has 0 aliphatic carbocycles. The van der Waals surface area contributed by atoms with Crippen LogP contribution in [0.25, 0.3) is 10.9 Å². The summed E-state index contributed by atoms with van der Waals surface area (Å²) in [6.07, 6.45) is 1.13. The van der Waals surface area contributed by atoms with Gasteiger partial charge in [-0.2, -0.15) is 0 Å². The summed E-state index contributed by atoms with van der Waals surface area (Å²) in [6.45, 7) is 8.72. The highest BCUT2D eigenvalue weighted by atomic mass is 16.4.